The van der Waals surface area contributed by atoms with Crippen molar-refractivity contribution in [3.8, 4) is 22.3 Å². The maximum absolute atomic E-state index is 11.5. The van der Waals surface area contributed by atoms with Crippen LogP contribution in [0.1, 0.15) is 74.8 Å². The predicted molar refractivity (Wildman–Crippen MR) is 228 cm³/mol. The molecule has 272 valence electrons. The topological polar surface area (TPSA) is 80.9 Å². The predicted octanol–water partition coefficient (Wildman–Crippen LogP) is 14.0. The van der Waals surface area contributed by atoms with Crippen LogP contribution in [0.15, 0.2) is 167 Å². The molecule has 0 aromatic heterocycles. The Balaban J connectivity index is 1.67. The number of hydrogen-bond acceptors (Lipinski definition) is 4. The van der Waals surface area contributed by atoms with E-state index in [1.54, 1.807) is 6.08 Å². The zero-order chi connectivity index (χ0) is 38.8. The summed E-state index contributed by atoms with van der Waals surface area (Å²) < 4.78 is 0. The molecule has 2 aliphatic rings. The maximum atomic E-state index is 11.5. The fourth-order valence-corrected chi connectivity index (χ4v) is 7.90. The minimum atomic E-state index is -0.648. The third kappa shape index (κ3) is 6.60. The Bertz CT molecular complexity index is 2470. The minimum Gasteiger partial charge on any atom is -0.508 e. The Morgan fingerprint density at radius 3 is 2.04 bits per heavy atom. The molecular weight excluding hydrogens is 665 g/mol. The zero-order valence-corrected chi connectivity index (χ0v) is 32.0. The average molecular weight is 713 g/mol. The van der Waals surface area contributed by atoms with Crippen molar-refractivity contribution < 1.29 is 20.4 Å². The molecule has 0 bridgehead atoms. The van der Waals surface area contributed by atoms with E-state index in [2.05, 4.69) is 92.9 Å². The van der Waals surface area contributed by atoms with Crippen LogP contribution >= 0.6 is 0 Å². The van der Waals surface area contributed by atoms with Gasteiger partial charge in [0, 0.05) is 17.1 Å². The Labute approximate surface area is 319 Å². The molecule has 0 aliphatic heterocycles. The lowest BCUT2D eigenvalue weighted by molar-refractivity contribution is 0.289. The van der Waals surface area contributed by atoms with Crippen LogP contribution in [0.4, 0.5) is 0 Å². The van der Waals surface area contributed by atoms with Crippen LogP contribution in [-0.2, 0) is 0 Å². The molecule has 6 rings (SSSR count). The quantitative estimate of drug-likeness (QED) is 0.103. The van der Waals surface area contributed by atoms with Crippen LogP contribution in [0.5, 0.6) is 0 Å². The Morgan fingerprint density at radius 2 is 1.43 bits per heavy atom. The molecule has 4 heteroatoms. The molecular formula is C50H48O4. The zero-order valence-electron chi connectivity index (χ0n) is 32.0. The molecule has 0 spiro atoms. The summed E-state index contributed by atoms with van der Waals surface area (Å²) in [7, 11) is 0. The molecule has 1 unspecified atom stereocenters. The fourth-order valence-electron chi connectivity index (χ4n) is 7.90. The van der Waals surface area contributed by atoms with E-state index in [0.29, 0.717) is 12.0 Å². The fraction of sp³-hybridized carbons (Fsp3) is 0.160. The smallest absolute Gasteiger partial charge is 0.200 e. The lowest BCUT2D eigenvalue weighted by Crippen LogP contribution is -2.10. The van der Waals surface area contributed by atoms with Gasteiger partial charge in [-0.05, 0) is 144 Å². The highest BCUT2D eigenvalue weighted by Gasteiger charge is 2.39. The number of fused-ring (bicyclic) bond motifs is 1. The Hall–Kier alpha value is -6.26. The van der Waals surface area contributed by atoms with E-state index in [1.807, 2.05) is 71.1 Å². The first-order chi connectivity index (χ1) is 25.9. The van der Waals surface area contributed by atoms with Crippen LogP contribution in [0.25, 0.3) is 51.3 Å². The number of benzene rings is 4. The van der Waals surface area contributed by atoms with Gasteiger partial charge in [0.1, 0.15) is 5.76 Å². The summed E-state index contributed by atoms with van der Waals surface area (Å²) in [5.74, 6) is -2.41. The van der Waals surface area contributed by atoms with E-state index in [0.717, 1.165) is 77.6 Å². The first-order valence-electron chi connectivity index (χ1n) is 18.3. The van der Waals surface area contributed by atoms with Crippen molar-refractivity contribution in [2.45, 2.75) is 53.9 Å². The van der Waals surface area contributed by atoms with Crippen molar-refractivity contribution in [3.63, 3.8) is 0 Å². The summed E-state index contributed by atoms with van der Waals surface area (Å²) in [6.07, 6.45) is 16.0. The van der Waals surface area contributed by atoms with Crippen LogP contribution < -0.4 is 0 Å². The average Bonchev–Trinajstić information content (AvgIpc) is 3.54. The molecule has 0 amide bonds. The number of allylic oxidation sites excluding steroid dienone is 11. The Kier molecular flexibility index (Phi) is 10.7. The van der Waals surface area contributed by atoms with E-state index >= 15 is 0 Å². The Morgan fingerprint density at radius 1 is 0.759 bits per heavy atom. The second kappa shape index (κ2) is 15.4. The molecule has 4 N–H and O–H groups in total. The molecule has 0 fully saturated rings. The number of aliphatic hydroxyl groups is 4. The van der Waals surface area contributed by atoms with Crippen molar-refractivity contribution in [2.24, 2.45) is 0 Å². The highest BCUT2D eigenvalue weighted by atomic mass is 16.3. The highest BCUT2D eigenvalue weighted by molar-refractivity contribution is 5.96. The van der Waals surface area contributed by atoms with Gasteiger partial charge in [0.25, 0.3) is 0 Å². The summed E-state index contributed by atoms with van der Waals surface area (Å²) in [6.45, 7) is 20.2. The summed E-state index contributed by atoms with van der Waals surface area (Å²) in [4.78, 5) is 0. The third-order valence-corrected chi connectivity index (χ3v) is 10.7. The molecule has 0 radical (unpaired) electrons. The van der Waals surface area contributed by atoms with Crippen LogP contribution in [0, 0.1) is 6.92 Å². The summed E-state index contributed by atoms with van der Waals surface area (Å²) in [5.41, 5.74) is 13.2. The highest BCUT2D eigenvalue weighted by Crippen LogP contribution is 2.52. The molecule has 4 aromatic carbocycles. The molecule has 2 aliphatic carbocycles. The first-order valence-corrected chi connectivity index (χ1v) is 18.3. The van der Waals surface area contributed by atoms with Gasteiger partial charge in [-0.3, -0.25) is 0 Å². The second-order valence-electron chi connectivity index (χ2n) is 14.1. The van der Waals surface area contributed by atoms with Gasteiger partial charge < -0.3 is 20.4 Å². The molecule has 0 saturated carbocycles. The van der Waals surface area contributed by atoms with Crippen molar-refractivity contribution in [1.29, 1.82) is 0 Å². The van der Waals surface area contributed by atoms with Gasteiger partial charge in [-0.25, -0.2) is 0 Å². The number of rotatable bonds is 9. The minimum absolute atomic E-state index is 0.218. The van der Waals surface area contributed by atoms with Gasteiger partial charge >= 0.3 is 0 Å². The summed E-state index contributed by atoms with van der Waals surface area (Å²) in [6, 6.07) is 23.5. The van der Waals surface area contributed by atoms with Crippen molar-refractivity contribution in [1.82, 2.24) is 0 Å². The number of aliphatic hydroxyl groups excluding tert-OH is 4. The van der Waals surface area contributed by atoms with Crippen LogP contribution in [0.3, 0.4) is 0 Å². The second-order valence-corrected chi connectivity index (χ2v) is 14.1. The van der Waals surface area contributed by atoms with E-state index in [9.17, 15) is 20.4 Å². The molecule has 54 heavy (non-hydrogen) atoms. The van der Waals surface area contributed by atoms with Gasteiger partial charge in [-0.15, -0.1) is 0 Å². The maximum Gasteiger partial charge on any atom is 0.200 e. The van der Waals surface area contributed by atoms with Crippen LogP contribution in [-0.4, -0.2) is 20.4 Å². The number of hydrogen-bond donors (Lipinski definition) is 4. The monoisotopic (exact) mass is 712 g/mol. The standard InChI is InChI=1S/C50H48O4/c1-9-12-14-20-39-31(7)45(43-28-44(52)49(53)50(54)48-42(43)27-41(30(6)29(4)5)46(48)32(8)51)40(17-10-2)38(11-3)47(39)37-24-23-35-25-34(21-22-36(35)26-37)33-18-15-13-16-19-33/h9-26,28,43,51-54H,3,8,27H2,1-2,4-7H3/b12-9-,17-10-,20-14-. The molecule has 4 aromatic rings. The summed E-state index contributed by atoms with van der Waals surface area (Å²) in [5, 5.41) is 47.3. The first kappa shape index (κ1) is 37.5. The van der Waals surface area contributed by atoms with E-state index < -0.39 is 23.2 Å². The molecule has 0 saturated heterocycles. The van der Waals surface area contributed by atoms with Crippen molar-refractivity contribution in [3.05, 3.63) is 195 Å². The van der Waals surface area contributed by atoms with Gasteiger partial charge in [0.2, 0.25) is 5.76 Å². The summed E-state index contributed by atoms with van der Waals surface area (Å²) >= 11 is 0. The van der Waals surface area contributed by atoms with Gasteiger partial charge in [0.05, 0.1) is 0 Å². The van der Waals surface area contributed by atoms with E-state index in [4.69, 9.17) is 0 Å². The van der Waals surface area contributed by atoms with Gasteiger partial charge in [-0.1, -0.05) is 116 Å². The lowest BCUT2D eigenvalue weighted by Gasteiger charge is -2.27. The molecule has 4 nitrogen and oxygen atoms in total. The largest absolute Gasteiger partial charge is 0.508 e. The van der Waals surface area contributed by atoms with Crippen molar-refractivity contribution >= 4 is 29.0 Å². The van der Waals surface area contributed by atoms with Crippen molar-refractivity contribution in [2.75, 3.05) is 0 Å². The SMILES string of the molecule is C=Cc1c(/C=C\C)c(C2C=C(O)C(O)=C(O)C3=C2CC(C(C)=C(C)C)=C3C(=C)O)c(C)c(/C=C\C=C/C)c1-c1ccc2cc(-c3ccccc3)ccc2c1. The third-order valence-electron chi connectivity index (χ3n) is 10.7. The van der Waals surface area contributed by atoms with Crippen LogP contribution in [0.2, 0.25) is 0 Å². The molecule has 0 heterocycles. The van der Waals surface area contributed by atoms with E-state index in [-0.39, 0.29) is 11.3 Å². The normalized spacial score (nSPS) is 16.2. The van der Waals surface area contributed by atoms with Gasteiger partial charge in [0.15, 0.2) is 11.5 Å². The van der Waals surface area contributed by atoms with E-state index in [1.165, 1.54) is 5.56 Å². The molecule has 1 atom stereocenters. The van der Waals surface area contributed by atoms with Gasteiger partial charge in [-0.2, -0.15) is 0 Å². The lowest BCUT2D eigenvalue weighted by atomic mass is 9.76.